The maximum atomic E-state index is 14.0. The van der Waals surface area contributed by atoms with Crippen LogP contribution in [0.3, 0.4) is 0 Å². The van der Waals surface area contributed by atoms with Crippen molar-refractivity contribution in [2.45, 2.75) is 31.8 Å². The highest BCUT2D eigenvalue weighted by Gasteiger charge is 2.18. The van der Waals surface area contributed by atoms with Crippen molar-refractivity contribution in [2.75, 3.05) is 7.11 Å². The van der Waals surface area contributed by atoms with Gasteiger partial charge in [0.15, 0.2) is 0 Å². The quantitative estimate of drug-likeness (QED) is 0.456. The van der Waals surface area contributed by atoms with Crippen LogP contribution in [0.4, 0.5) is 4.39 Å². The Morgan fingerprint density at radius 3 is 2.84 bits per heavy atom. The van der Waals surface area contributed by atoms with E-state index in [0.29, 0.717) is 11.8 Å². The van der Waals surface area contributed by atoms with Gasteiger partial charge in [-0.25, -0.2) is 9.37 Å². The van der Waals surface area contributed by atoms with Crippen molar-refractivity contribution in [1.29, 1.82) is 0 Å². The van der Waals surface area contributed by atoms with Gasteiger partial charge < -0.3 is 15.0 Å². The Bertz CT molecular complexity index is 1270. The fourth-order valence-electron chi connectivity index (χ4n) is 4.26. The van der Waals surface area contributed by atoms with Crippen LogP contribution in [0, 0.1) is 5.82 Å². The fraction of sp³-hybridized carbons (Fsp3) is 0.240. The Morgan fingerprint density at radius 2 is 2.06 bits per heavy atom. The molecule has 1 unspecified atom stereocenters. The predicted octanol–water partition coefficient (Wildman–Crippen LogP) is 4.89. The van der Waals surface area contributed by atoms with Crippen LogP contribution < -0.4 is 10.1 Å². The fourth-order valence-corrected chi connectivity index (χ4v) is 4.26. The molecule has 5 rings (SSSR count). The van der Waals surface area contributed by atoms with Crippen LogP contribution in [0.5, 0.6) is 5.75 Å². The number of fused-ring (bicyclic) bond motifs is 1. The minimum Gasteiger partial charge on any atom is -0.496 e. The Hall–Kier alpha value is -3.58. The summed E-state index contributed by atoms with van der Waals surface area (Å²) in [7, 11) is 1.60. The lowest BCUT2D eigenvalue weighted by Crippen LogP contribution is -2.30. The standard InChI is InChI=1S/C25H24FN5O/c1-32-24-7-4-17(26)12-21(24)20-8-9-29-25-22(20)13-23(31-25)16-2-5-18(6-3-16)30-15-19-14-27-10-11-28-19/h2,4,7-14,18,30H,3,5-6,15H2,1H3,(H,29,31). The van der Waals surface area contributed by atoms with Crippen molar-refractivity contribution in [3.63, 3.8) is 0 Å². The first-order valence-corrected chi connectivity index (χ1v) is 10.7. The molecule has 0 saturated carbocycles. The number of pyridine rings is 1. The summed E-state index contributed by atoms with van der Waals surface area (Å²) in [5, 5.41) is 4.52. The Labute approximate surface area is 185 Å². The molecular formula is C25H24FN5O. The molecule has 162 valence electrons. The van der Waals surface area contributed by atoms with E-state index in [9.17, 15) is 4.39 Å². The number of aromatic nitrogens is 4. The maximum Gasteiger partial charge on any atom is 0.138 e. The maximum absolute atomic E-state index is 14.0. The summed E-state index contributed by atoms with van der Waals surface area (Å²) in [5.41, 5.74) is 5.68. The minimum atomic E-state index is -0.295. The SMILES string of the molecule is COc1ccc(F)cc1-c1ccnc2[nH]c(C3=CCC(NCc4cnccn4)CC3)cc12. The number of hydrogen-bond donors (Lipinski definition) is 2. The molecule has 0 saturated heterocycles. The molecule has 0 amide bonds. The third kappa shape index (κ3) is 4.11. The van der Waals surface area contributed by atoms with Gasteiger partial charge in [0.1, 0.15) is 17.2 Å². The van der Waals surface area contributed by atoms with Crippen molar-refractivity contribution in [2.24, 2.45) is 0 Å². The van der Waals surface area contributed by atoms with E-state index in [-0.39, 0.29) is 5.82 Å². The smallest absolute Gasteiger partial charge is 0.138 e. The van der Waals surface area contributed by atoms with Gasteiger partial charge in [0, 0.05) is 54.0 Å². The summed E-state index contributed by atoms with van der Waals surface area (Å²) in [5.74, 6) is 0.340. The van der Waals surface area contributed by atoms with E-state index >= 15 is 0 Å². The molecule has 3 aromatic heterocycles. The van der Waals surface area contributed by atoms with E-state index in [1.807, 2.05) is 6.07 Å². The average molecular weight is 429 g/mol. The van der Waals surface area contributed by atoms with Gasteiger partial charge in [0.05, 0.1) is 12.8 Å². The van der Waals surface area contributed by atoms with Gasteiger partial charge in [-0.2, -0.15) is 0 Å². The largest absolute Gasteiger partial charge is 0.496 e. The monoisotopic (exact) mass is 429 g/mol. The number of methoxy groups -OCH3 is 1. The van der Waals surface area contributed by atoms with E-state index in [4.69, 9.17) is 4.74 Å². The molecule has 7 heteroatoms. The van der Waals surface area contributed by atoms with Gasteiger partial charge in [-0.05, 0) is 60.7 Å². The van der Waals surface area contributed by atoms with Gasteiger partial charge in [-0.3, -0.25) is 9.97 Å². The molecule has 0 radical (unpaired) electrons. The summed E-state index contributed by atoms with van der Waals surface area (Å²) in [6.45, 7) is 0.719. The van der Waals surface area contributed by atoms with Crippen LogP contribution in [-0.2, 0) is 6.54 Å². The molecule has 0 fully saturated rings. The molecule has 4 aromatic rings. The number of aromatic amines is 1. The highest BCUT2D eigenvalue weighted by molar-refractivity contribution is 5.96. The molecule has 0 spiro atoms. The zero-order valence-corrected chi connectivity index (χ0v) is 17.8. The van der Waals surface area contributed by atoms with Crippen molar-refractivity contribution in [3.8, 4) is 16.9 Å². The highest BCUT2D eigenvalue weighted by Crippen LogP contribution is 2.37. The van der Waals surface area contributed by atoms with Crippen LogP contribution in [-0.4, -0.2) is 33.1 Å². The zero-order chi connectivity index (χ0) is 21.9. The zero-order valence-electron chi connectivity index (χ0n) is 17.8. The summed E-state index contributed by atoms with van der Waals surface area (Å²) < 4.78 is 19.4. The van der Waals surface area contributed by atoms with Crippen LogP contribution in [0.1, 0.15) is 30.7 Å². The third-order valence-electron chi connectivity index (χ3n) is 5.93. The van der Waals surface area contributed by atoms with E-state index in [1.165, 1.54) is 17.7 Å². The summed E-state index contributed by atoms with van der Waals surface area (Å²) in [6, 6.07) is 9.00. The minimum absolute atomic E-state index is 0.295. The summed E-state index contributed by atoms with van der Waals surface area (Å²) in [6.07, 6.45) is 12.2. The molecule has 0 bridgehead atoms. The van der Waals surface area contributed by atoms with Crippen molar-refractivity contribution in [3.05, 3.63) is 78.4 Å². The van der Waals surface area contributed by atoms with Gasteiger partial charge in [0.25, 0.3) is 0 Å². The number of nitrogens with zero attached hydrogens (tertiary/aromatic N) is 3. The second-order valence-electron chi connectivity index (χ2n) is 7.93. The van der Waals surface area contributed by atoms with E-state index in [1.54, 1.807) is 38.0 Å². The number of nitrogens with one attached hydrogen (secondary N) is 2. The molecular weight excluding hydrogens is 405 g/mol. The van der Waals surface area contributed by atoms with E-state index < -0.39 is 0 Å². The molecule has 6 nitrogen and oxygen atoms in total. The normalized spacial score (nSPS) is 16.2. The van der Waals surface area contributed by atoms with Gasteiger partial charge in [-0.15, -0.1) is 0 Å². The van der Waals surface area contributed by atoms with Gasteiger partial charge in [-0.1, -0.05) is 6.08 Å². The van der Waals surface area contributed by atoms with Crippen LogP contribution >= 0.6 is 0 Å². The number of rotatable bonds is 6. The number of halogens is 1. The Balaban J connectivity index is 1.38. The van der Waals surface area contributed by atoms with E-state index in [0.717, 1.165) is 59.4 Å². The van der Waals surface area contributed by atoms with Crippen LogP contribution in [0.15, 0.2) is 61.2 Å². The molecule has 1 aliphatic rings. The lowest BCUT2D eigenvalue weighted by molar-refractivity contribution is 0.415. The third-order valence-corrected chi connectivity index (χ3v) is 5.93. The number of benzene rings is 1. The molecule has 1 aromatic carbocycles. The molecule has 1 aliphatic carbocycles. The number of H-pyrrole nitrogens is 1. The number of hydrogen-bond acceptors (Lipinski definition) is 5. The lowest BCUT2D eigenvalue weighted by Gasteiger charge is -2.22. The first kappa shape index (κ1) is 20.3. The second kappa shape index (κ2) is 8.88. The number of ether oxygens (including phenoxy) is 1. The van der Waals surface area contributed by atoms with Gasteiger partial charge in [0.2, 0.25) is 0 Å². The average Bonchev–Trinajstić information content (AvgIpc) is 3.28. The predicted molar refractivity (Wildman–Crippen MR) is 123 cm³/mol. The highest BCUT2D eigenvalue weighted by atomic mass is 19.1. The van der Waals surface area contributed by atoms with E-state index in [2.05, 4.69) is 37.4 Å². The Kier molecular flexibility index (Phi) is 5.64. The second-order valence-corrected chi connectivity index (χ2v) is 7.93. The lowest BCUT2D eigenvalue weighted by atomic mass is 9.93. The summed E-state index contributed by atoms with van der Waals surface area (Å²) >= 11 is 0. The van der Waals surface area contributed by atoms with Crippen molar-refractivity contribution >= 4 is 16.6 Å². The molecule has 2 N–H and O–H groups in total. The number of allylic oxidation sites excluding steroid dienone is 1. The molecule has 32 heavy (non-hydrogen) atoms. The van der Waals surface area contributed by atoms with Crippen molar-refractivity contribution in [1.82, 2.24) is 25.3 Å². The van der Waals surface area contributed by atoms with Gasteiger partial charge >= 0.3 is 0 Å². The Morgan fingerprint density at radius 1 is 1.12 bits per heavy atom. The molecule has 3 heterocycles. The van der Waals surface area contributed by atoms with Crippen molar-refractivity contribution < 1.29 is 9.13 Å². The topological polar surface area (TPSA) is 75.7 Å². The molecule has 0 aliphatic heterocycles. The first-order chi connectivity index (χ1) is 15.7. The summed E-state index contributed by atoms with van der Waals surface area (Å²) in [4.78, 5) is 16.4. The van der Waals surface area contributed by atoms with Crippen LogP contribution in [0.2, 0.25) is 0 Å². The first-order valence-electron chi connectivity index (χ1n) is 10.7. The van der Waals surface area contributed by atoms with Crippen LogP contribution in [0.25, 0.3) is 27.7 Å². The molecule has 1 atom stereocenters.